The molecule has 8 heteroatoms. The van der Waals surface area contributed by atoms with E-state index in [1.54, 1.807) is 0 Å². The standard InChI is InChI=1S/C17H23N5O3/c1-11(2)16-21-15(25-22-16)6-7-19-17(18)20-12-4-5-13-14(10-12)24-9-3-8-23-13/h4-5,10-11H,3,6-9H2,1-2H3,(H3,18,19,20). The van der Waals surface area contributed by atoms with Crippen LogP contribution in [0.1, 0.15) is 37.9 Å². The summed E-state index contributed by atoms with van der Waals surface area (Å²) in [6, 6.07) is 5.60. The Hall–Kier alpha value is -2.77. The molecule has 8 nitrogen and oxygen atoms in total. The van der Waals surface area contributed by atoms with Gasteiger partial charge in [-0.1, -0.05) is 19.0 Å². The van der Waals surface area contributed by atoms with Crippen molar-refractivity contribution in [2.45, 2.75) is 32.6 Å². The van der Waals surface area contributed by atoms with Crippen molar-refractivity contribution in [2.75, 3.05) is 25.1 Å². The number of hydrogen-bond acceptors (Lipinski definition) is 6. The van der Waals surface area contributed by atoms with Crippen LogP contribution >= 0.6 is 0 Å². The second-order valence-corrected chi connectivity index (χ2v) is 6.05. The normalized spacial score (nSPS) is 14.4. The first-order chi connectivity index (χ1) is 12.1. The van der Waals surface area contributed by atoms with Gasteiger partial charge >= 0.3 is 0 Å². The molecule has 25 heavy (non-hydrogen) atoms. The van der Waals surface area contributed by atoms with Crippen molar-refractivity contribution in [3.05, 3.63) is 29.9 Å². The van der Waals surface area contributed by atoms with E-state index in [0.29, 0.717) is 49.6 Å². The molecule has 0 aliphatic carbocycles. The number of aromatic nitrogens is 2. The molecule has 1 aromatic heterocycles. The Bertz CT molecular complexity index is 742. The third kappa shape index (κ3) is 4.62. The zero-order valence-corrected chi connectivity index (χ0v) is 14.5. The van der Waals surface area contributed by atoms with Gasteiger partial charge in [0.05, 0.1) is 19.8 Å². The Balaban J connectivity index is 1.55. The Labute approximate surface area is 146 Å². The van der Waals surface area contributed by atoms with Crippen LogP contribution in [0.25, 0.3) is 0 Å². The summed E-state index contributed by atoms with van der Waals surface area (Å²) in [4.78, 5) is 8.59. The number of hydrogen-bond donors (Lipinski definition) is 2. The van der Waals surface area contributed by atoms with Crippen molar-refractivity contribution >= 4 is 11.6 Å². The van der Waals surface area contributed by atoms with E-state index >= 15 is 0 Å². The number of anilines is 1. The molecule has 0 unspecified atom stereocenters. The van der Waals surface area contributed by atoms with Gasteiger partial charge in [-0.25, -0.2) is 0 Å². The summed E-state index contributed by atoms with van der Waals surface area (Å²) in [5, 5.41) is 6.97. The van der Waals surface area contributed by atoms with Gasteiger partial charge in [0, 0.05) is 30.5 Å². The molecule has 0 fully saturated rings. The van der Waals surface area contributed by atoms with E-state index in [9.17, 15) is 0 Å². The predicted octanol–water partition coefficient (Wildman–Crippen LogP) is 2.32. The number of nitrogens with one attached hydrogen (secondary N) is 1. The van der Waals surface area contributed by atoms with Crippen LogP contribution in [0, 0.1) is 0 Å². The highest BCUT2D eigenvalue weighted by Gasteiger charge is 2.11. The lowest BCUT2D eigenvalue weighted by molar-refractivity contribution is 0.297. The second-order valence-electron chi connectivity index (χ2n) is 6.05. The van der Waals surface area contributed by atoms with Gasteiger partial charge in [-0.3, -0.25) is 4.99 Å². The summed E-state index contributed by atoms with van der Waals surface area (Å²) < 4.78 is 16.4. The molecule has 0 radical (unpaired) electrons. The SMILES string of the molecule is CC(C)c1noc(CCN=C(N)Nc2ccc3c(c2)OCCCO3)n1. The highest BCUT2D eigenvalue weighted by Crippen LogP contribution is 2.32. The fraction of sp³-hybridized carbons (Fsp3) is 0.471. The van der Waals surface area contributed by atoms with Crippen molar-refractivity contribution in [2.24, 2.45) is 10.7 Å². The maximum atomic E-state index is 5.93. The van der Waals surface area contributed by atoms with E-state index in [1.165, 1.54) is 0 Å². The molecule has 0 saturated carbocycles. The van der Waals surface area contributed by atoms with Crippen LogP contribution in [-0.2, 0) is 6.42 Å². The molecule has 2 aromatic rings. The van der Waals surface area contributed by atoms with Gasteiger partial charge in [0.2, 0.25) is 5.89 Å². The Kier molecular flexibility index (Phi) is 5.37. The van der Waals surface area contributed by atoms with E-state index in [0.717, 1.165) is 17.9 Å². The molecular weight excluding hydrogens is 322 g/mol. The minimum atomic E-state index is 0.243. The summed E-state index contributed by atoms with van der Waals surface area (Å²) in [5.74, 6) is 3.29. The minimum absolute atomic E-state index is 0.243. The van der Waals surface area contributed by atoms with Gasteiger partial charge in [0.1, 0.15) is 0 Å². The van der Waals surface area contributed by atoms with Crippen LogP contribution in [0.3, 0.4) is 0 Å². The first-order valence-electron chi connectivity index (χ1n) is 8.41. The number of nitrogens with zero attached hydrogens (tertiary/aromatic N) is 3. The van der Waals surface area contributed by atoms with Crippen LogP contribution in [0.4, 0.5) is 5.69 Å². The Morgan fingerprint density at radius 3 is 2.84 bits per heavy atom. The van der Waals surface area contributed by atoms with Crippen molar-refractivity contribution in [3.63, 3.8) is 0 Å². The molecule has 0 spiro atoms. The number of guanidine groups is 1. The van der Waals surface area contributed by atoms with Crippen molar-refractivity contribution < 1.29 is 14.0 Å². The number of fused-ring (bicyclic) bond motifs is 1. The highest BCUT2D eigenvalue weighted by atomic mass is 16.5. The fourth-order valence-corrected chi connectivity index (χ4v) is 2.30. The fourth-order valence-electron chi connectivity index (χ4n) is 2.30. The topological polar surface area (TPSA) is 108 Å². The third-order valence-electron chi connectivity index (χ3n) is 3.63. The molecule has 3 rings (SSSR count). The summed E-state index contributed by atoms with van der Waals surface area (Å²) in [7, 11) is 0. The van der Waals surface area contributed by atoms with Gasteiger partial charge in [0.15, 0.2) is 23.3 Å². The van der Waals surface area contributed by atoms with E-state index in [2.05, 4.69) is 20.4 Å². The third-order valence-corrected chi connectivity index (χ3v) is 3.63. The lowest BCUT2D eigenvalue weighted by atomic mass is 10.2. The number of aliphatic imine (C=N–C) groups is 1. The lowest BCUT2D eigenvalue weighted by Gasteiger charge is -2.10. The first-order valence-corrected chi connectivity index (χ1v) is 8.41. The Morgan fingerprint density at radius 1 is 1.28 bits per heavy atom. The Morgan fingerprint density at radius 2 is 2.08 bits per heavy atom. The molecule has 0 atom stereocenters. The molecule has 1 aliphatic rings. The minimum Gasteiger partial charge on any atom is -0.490 e. The van der Waals surface area contributed by atoms with E-state index < -0.39 is 0 Å². The monoisotopic (exact) mass is 345 g/mol. The van der Waals surface area contributed by atoms with Gasteiger partial charge in [-0.2, -0.15) is 4.98 Å². The molecule has 0 saturated heterocycles. The zero-order chi connectivity index (χ0) is 17.6. The second kappa shape index (κ2) is 7.87. The molecule has 0 amide bonds. The number of benzene rings is 1. The molecule has 2 heterocycles. The van der Waals surface area contributed by atoms with Crippen molar-refractivity contribution in [3.8, 4) is 11.5 Å². The predicted molar refractivity (Wildman–Crippen MR) is 94.3 cm³/mol. The molecule has 1 aromatic carbocycles. The van der Waals surface area contributed by atoms with Crippen molar-refractivity contribution in [1.29, 1.82) is 0 Å². The summed E-state index contributed by atoms with van der Waals surface area (Å²) in [6.07, 6.45) is 1.42. The van der Waals surface area contributed by atoms with Crippen molar-refractivity contribution in [1.82, 2.24) is 10.1 Å². The molecule has 134 valence electrons. The average molecular weight is 345 g/mol. The average Bonchev–Trinajstić information content (AvgIpc) is 2.93. The van der Waals surface area contributed by atoms with Crippen LogP contribution in [-0.4, -0.2) is 35.9 Å². The van der Waals surface area contributed by atoms with E-state index in [4.69, 9.17) is 19.7 Å². The van der Waals surface area contributed by atoms with Gasteiger partial charge in [-0.15, -0.1) is 0 Å². The van der Waals surface area contributed by atoms with Gasteiger partial charge in [0.25, 0.3) is 0 Å². The zero-order valence-electron chi connectivity index (χ0n) is 14.5. The van der Waals surface area contributed by atoms with Crippen LogP contribution < -0.4 is 20.5 Å². The maximum absolute atomic E-state index is 5.93. The number of ether oxygens (including phenoxy) is 2. The maximum Gasteiger partial charge on any atom is 0.228 e. The molecule has 3 N–H and O–H groups in total. The highest BCUT2D eigenvalue weighted by molar-refractivity contribution is 5.92. The quantitative estimate of drug-likeness (QED) is 0.632. The molecular formula is C17H23N5O3. The summed E-state index contributed by atoms with van der Waals surface area (Å²) in [6.45, 7) is 5.80. The summed E-state index contributed by atoms with van der Waals surface area (Å²) >= 11 is 0. The van der Waals surface area contributed by atoms with Crippen LogP contribution in [0.2, 0.25) is 0 Å². The van der Waals surface area contributed by atoms with Crippen LogP contribution in [0.5, 0.6) is 11.5 Å². The lowest BCUT2D eigenvalue weighted by Crippen LogP contribution is -2.23. The first kappa shape index (κ1) is 17.1. The largest absolute Gasteiger partial charge is 0.490 e. The molecule has 1 aliphatic heterocycles. The molecule has 0 bridgehead atoms. The smallest absolute Gasteiger partial charge is 0.228 e. The van der Waals surface area contributed by atoms with E-state index in [1.807, 2.05) is 32.0 Å². The van der Waals surface area contributed by atoms with Gasteiger partial charge in [-0.05, 0) is 12.1 Å². The number of nitrogens with two attached hydrogens (primary N) is 1. The van der Waals surface area contributed by atoms with E-state index in [-0.39, 0.29) is 5.92 Å². The number of rotatable bonds is 5. The van der Waals surface area contributed by atoms with Gasteiger partial charge < -0.3 is 25.0 Å². The van der Waals surface area contributed by atoms with Crippen LogP contribution in [0.15, 0.2) is 27.7 Å². The summed E-state index contributed by atoms with van der Waals surface area (Å²) in [5.41, 5.74) is 6.73.